The number of hydrogen-bond acceptors (Lipinski definition) is 1. The van der Waals surface area contributed by atoms with E-state index < -0.39 is 11.6 Å². The number of para-hydroxylation sites is 1. The van der Waals surface area contributed by atoms with Crippen LogP contribution in [0, 0.1) is 17.7 Å². The Labute approximate surface area is 130 Å². The van der Waals surface area contributed by atoms with Gasteiger partial charge < -0.3 is 10.6 Å². The van der Waals surface area contributed by atoms with E-state index >= 15 is 0 Å². The van der Waals surface area contributed by atoms with Gasteiger partial charge >= 0.3 is 0 Å². The molecule has 0 saturated heterocycles. The Kier molecular flexibility index (Phi) is 6.08. The number of benzene rings is 2. The Morgan fingerprint density at radius 2 is 1.68 bits per heavy atom. The van der Waals surface area contributed by atoms with Crippen LogP contribution in [0.5, 0.6) is 0 Å². The second kappa shape index (κ2) is 7.33. The van der Waals surface area contributed by atoms with Crippen molar-refractivity contribution < 1.29 is 30.5 Å². The average molecular weight is 311 g/mol. The van der Waals surface area contributed by atoms with Crippen molar-refractivity contribution >= 4 is 28.7 Å². The van der Waals surface area contributed by atoms with Crippen LogP contribution in [0.4, 0.5) is 20.2 Å². The van der Waals surface area contributed by atoms with E-state index in [2.05, 4.69) is 10.6 Å². The molecule has 0 bridgehead atoms. The Morgan fingerprint density at radius 3 is 2.32 bits per heavy atom. The summed E-state index contributed by atoms with van der Waals surface area (Å²) in [6, 6.07) is 13.5. The second-order valence-corrected chi connectivity index (χ2v) is 3.89. The molecule has 0 unspecified atom stereocenters. The van der Waals surface area contributed by atoms with E-state index in [0.717, 1.165) is 11.8 Å². The van der Waals surface area contributed by atoms with Gasteiger partial charge in [0.1, 0.15) is 0 Å². The minimum absolute atomic E-state index is 0. The molecule has 0 aliphatic carbocycles. The van der Waals surface area contributed by atoms with Gasteiger partial charge in [0.2, 0.25) is 0 Å². The molecule has 0 atom stereocenters. The topological polar surface area (TPSA) is 24.1 Å². The first-order valence-corrected chi connectivity index (χ1v) is 5.56. The first-order chi connectivity index (χ1) is 8.65. The molecule has 0 radical (unpaired) electrons. The molecule has 19 heavy (non-hydrogen) atoms. The molecule has 0 aliphatic rings. The van der Waals surface area contributed by atoms with Crippen molar-refractivity contribution in [2.24, 2.45) is 0 Å². The molecule has 2 aromatic rings. The van der Waals surface area contributed by atoms with E-state index in [0.29, 0.717) is 0 Å². The molecule has 0 saturated carbocycles. The molecule has 0 aliphatic heterocycles. The zero-order valence-corrected chi connectivity index (χ0v) is 12.1. The van der Waals surface area contributed by atoms with Gasteiger partial charge in [-0.25, -0.2) is 8.78 Å². The molecule has 96 valence electrons. The summed E-state index contributed by atoms with van der Waals surface area (Å²) < 4.78 is 26.0. The first kappa shape index (κ1) is 15.8. The third-order valence-electron chi connectivity index (χ3n) is 2.14. The number of hydrogen-bond donors (Lipinski definition) is 2. The van der Waals surface area contributed by atoms with Crippen molar-refractivity contribution in [1.82, 2.24) is 0 Å². The monoisotopic (exact) mass is 311 g/mol. The van der Waals surface area contributed by atoms with Crippen LogP contribution in [0.3, 0.4) is 0 Å². The Morgan fingerprint density at radius 1 is 1.00 bits per heavy atom. The summed E-state index contributed by atoms with van der Waals surface area (Å²) in [5.74, 6) is -1.56. The van der Waals surface area contributed by atoms with Crippen molar-refractivity contribution in [1.29, 1.82) is 0 Å². The van der Waals surface area contributed by atoms with Crippen LogP contribution in [-0.2, 0) is 21.7 Å². The van der Waals surface area contributed by atoms with E-state index in [4.69, 9.17) is 12.2 Å². The van der Waals surface area contributed by atoms with Crippen molar-refractivity contribution in [3.05, 3.63) is 60.2 Å². The second-order valence-electron chi connectivity index (χ2n) is 3.48. The molecule has 2 nitrogen and oxygen atoms in total. The molecule has 0 aromatic heterocycles. The van der Waals surface area contributed by atoms with Crippen molar-refractivity contribution in [2.75, 3.05) is 10.6 Å². The van der Waals surface area contributed by atoms with Gasteiger partial charge in [-0.3, -0.25) is 0 Å². The van der Waals surface area contributed by atoms with Gasteiger partial charge in [-0.15, -0.1) is 18.2 Å². The van der Waals surface area contributed by atoms with Crippen molar-refractivity contribution in [2.45, 2.75) is 0 Å². The smallest absolute Gasteiger partial charge is 0.164 e. The van der Waals surface area contributed by atoms with Crippen molar-refractivity contribution in [3.63, 3.8) is 0 Å². The van der Waals surface area contributed by atoms with E-state index in [-0.39, 0.29) is 32.5 Å². The number of thiocarbonyl (C=S) groups is 1. The zero-order valence-electron chi connectivity index (χ0n) is 9.71. The Hall–Kier alpha value is -1.30. The third-order valence-corrected chi connectivity index (χ3v) is 2.35. The molecule has 0 spiro atoms. The molecule has 2 N–H and O–H groups in total. The number of anilines is 2. The first-order valence-electron chi connectivity index (χ1n) is 5.15. The van der Waals surface area contributed by atoms with Gasteiger partial charge in [0.15, 0.2) is 5.11 Å². The van der Waals surface area contributed by atoms with E-state index in [1.54, 1.807) is 0 Å². The number of rotatable bonds is 2. The quantitative estimate of drug-likeness (QED) is 0.504. The maximum absolute atomic E-state index is 13.3. The molecule has 0 amide bonds. The van der Waals surface area contributed by atoms with Gasteiger partial charge in [0, 0.05) is 39.0 Å². The maximum atomic E-state index is 13.3. The van der Waals surface area contributed by atoms with E-state index in [9.17, 15) is 8.78 Å². The van der Waals surface area contributed by atoms with E-state index in [1.165, 1.54) is 6.07 Å². The standard InChI is InChI=1S/C13H9F2N2S.Ti/c14-9-6-7-12(11(15)8-9)17-13(18)16-10-4-2-1-3-5-10;/h1-7H,(H2,16,17,18);/q-1;. The summed E-state index contributed by atoms with van der Waals surface area (Å²) >= 11 is 5.01. The van der Waals surface area contributed by atoms with Gasteiger partial charge in [0.25, 0.3) is 0 Å². The number of nitrogens with one attached hydrogen (secondary N) is 2. The van der Waals surface area contributed by atoms with Crippen molar-refractivity contribution in [3.8, 4) is 0 Å². The van der Waals surface area contributed by atoms with Crippen LogP contribution in [0.2, 0.25) is 0 Å². The summed E-state index contributed by atoms with van der Waals surface area (Å²) in [7, 11) is 0. The van der Waals surface area contributed by atoms with E-state index in [1.807, 2.05) is 36.4 Å². The Balaban J connectivity index is 0.00000180. The van der Waals surface area contributed by atoms with Gasteiger partial charge in [0.05, 0.1) is 0 Å². The fourth-order valence-corrected chi connectivity index (χ4v) is 1.57. The predicted octanol–water partition coefficient (Wildman–Crippen LogP) is 3.57. The summed E-state index contributed by atoms with van der Waals surface area (Å²) in [4.78, 5) is 0. The fourth-order valence-electron chi connectivity index (χ4n) is 1.35. The fraction of sp³-hybridized carbons (Fsp3) is 0. The minimum atomic E-state index is -0.813. The van der Waals surface area contributed by atoms with Crippen LogP contribution in [0.1, 0.15) is 0 Å². The third kappa shape index (κ3) is 4.71. The van der Waals surface area contributed by atoms with Gasteiger partial charge in [-0.1, -0.05) is 18.2 Å². The SMILES string of the molecule is Fc1[c-]c(F)c(NC(=S)Nc2ccccc2)cc1.[Ti]. The van der Waals surface area contributed by atoms with Crippen LogP contribution >= 0.6 is 12.2 Å². The number of halogens is 2. The molecule has 2 aromatic carbocycles. The summed E-state index contributed by atoms with van der Waals surface area (Å²) in [5.41, 5.74) is 0.853. The van der Waals surface area contributed by atoms with Crippen LogP contribution in [0.25, 0.3) is 0 Å². The normalized spacial score (nSPS) is 9.37. The van der Waals surface area contributed by atoms with Crippen LogP contribution in [-0.4, -0.2) is 5.11 Å². The summed E-state index contributed by atoms with van der Waals surface area (Å²) in [5, 5.41) is 5.73. The van der Waals surface area contributed by atoms with Crippen LogP contribution < -0.4 is 10.6 Å². The maximum Gasteiger partial charge on any atom is 0.164 e. The van der Waals surface area contributed by atoms with Gasteiger partial charge in [-0.2, -0.15) is 0 Å². The average Bonchev–Trinajstić information content (AvgIpc) is 2.34. The zero-order chi connectivity index (χ0) is 13.0. The van der Waals surface area contributed by atoms with Crippen LogP contribution in [0.15, 0.2) is 42.5 Å². The molecule has 0 fully saturated rings. The molecule has 2 rings (SSSR count). The summed E-state index contributed by atoms with van der Waals surface area (Å²) in [6.07, 6.45) is 0. The Bertz CT molecular complexity index is 564. The molecule has 0 heterocycles. The molecule has 6 heteroatoms. The van der Waals surface area contributed by atoms with Gasteiger partial charge in [-0.05, 0) is 30.0 Å². The largest absolute Gasteiger partial charge is 0.383 e. The predicted molar refractivity (Wildman–Crippen MR) is 71.5 cm³/mol. The minimum Gasteiger partial charge on any atom is -0.383 e. The summed E-state index contributed by atoms with van der Waals surface area (Å²) in [6.45, 7) is 0. The molecular formula is C13H9F2N2STi-. The molecular weight excluding hydrogens is 302 g/mol.